The van der Waals surface area contributed by atoms with Crippen LogP contribution in [-0.4, -0.2) is 52.6 Å². The zero-order valence-electron chi connectivity index (χ0n) is 19.4. The maximum atomic E-state index is 13.5. The number of aromatic nitrogens is 2. The number of benzene rings is 1. The number of nitrogens with zero attached hydrogens (tertiary/aromatic N) is 3. The molecule has 1 amide bonds. The first-order chi connectivity index (χ1) is 15.7. The average Bonchev–Trinajstić information content (AvgIpc) is 3.21. The highest BCUT2D eigenvalue weighted by Gasteiger charge is 2.34. The molecule has 2 N–H and O–H groups in total. The van der Waals surface area contributed by atoms with Gasteiger partial charge >= 0.3 is 6.09 Å². The number of halogens is 2. The van der Waals surface area contributed by atoms with Crippen molar-refractivity contribution in [2.45, 2.75) is 58.2 Å². The Morgan fingerprint density at radius 2 is 1.91 bits per heavy atom. The van der Waals surface area contributed by atoms with Crippen LogP contribution < -0.4 is 10.6 Å². The molecule has 1 unspecified atom stereocenters. The van der Waals surface area contributed by atoms with E-state index in [0.717, 1.165) is 17.7 Å². The van der Waals surface area contributed by atoms with Crippen molar-refractivity contribution in [2.24, 2.45) is 5.92 Å². The lowest BCUT2D eigenvalue weighted by Gasteiger charge is -2.32. The molecule has 4 rings (SSSR count). The quantitative estimate of drug-likeness (QED) is 0.653. The summed E-state index contributed by atoms with van der Waals surface area (Å²) in [6.07, 6.45) is 3.67. The number of hydrogen-bond acceptors (Lipinski definition) is 6. The number of carbonyl (C=O) groups excluding carboxylic acids is 1. The van der Waals surface area contributed by atoms with Crippen molar-refractivity contribution < 1.29 is 18.3 Å². The van der Waals surface area contributed by atoms with Gasteiger partial charge in [0, 0.05) is 25.4 Å². The van der Waals surface area contributed by atoms with Crippen molar-refractivity contribution >= 4 is 12.0 Å². The van der Waals surface area contributed by atoms with Crippen LogP contribution >= 0.6 is 0 Å². The van der Waals surface area contributed by atoms with Gasteiger partial charge in [-0.15, -0.1) is 0 Å². The molecule has 0 spiro atoms. The van der Waals surface area contributed by atoms with Gasteiger partial charge in [-0.25, -0.2) is 23.5 Å². The summed E-state index contributed by atoms with van der Waals surface area (Å²) in [5.74, 6) is -1.49. The third-order valence-electron chi connectivity index (χ3n) is 5.77. The third kappa shape index (κ3) is 7.92. The fourth-order valence-corrected chi connectivity index (χ4v) is 3.76. The number of rotatable bonds is 6. The highest BCUT2D eigenvalue weighted by molar-refractivity contribution is 5.69. The molecule has 9 heteroatoms. The predicted molar refractivity (Wildman–Crippen MR) is 123 cm³/mol. The number of nitrogens with one attached hydrogen (secondary N) is 2. The van der Waals surface area contributed by atoms with E-state index in [2.05, 4.69) is 39.2 Å². The number of cyclic esters (lactones) is 1. The smallest absolute Gasteiger partial charge is 0.407 e. The molecule has 2 aliphatic heterocycles. The number of alkyl halides is 2. The van der Waals surface area contributed by atoms with Gasteiger partial charge in [0.25, 0.3) is 5.92 Å². The fourth-order valence-electron chi connectivity index (χ4n) is 3.76. The van der Waals surface area contributed by atoms with Gasteiger partial charge in [-0.05, 0) is 43.0 Å². The minimum Gasteiger partial charge on any atom is -0.447 e. The SMILES string of the molecule is CC(C)C1COC(=O)N1.C[C@H](Nc1ncccn1)c1ccc(CN2CCCC(F)(F)C2)cc1. The molecule has 0 bridgehead atoms. The first-order valence-electron chi connectivity index (χ1n) is 11.4. The monoisotopic (exact) mass is 461 g/mol. The van der Waals surface area contributed by atoms with E-state index in [0.29, 0.717) is 31.4 Å². The van der Waals surface area contributed by atoms with Crippen molar-refractivity contribution in [2.75, 3.05) is 25.0 Å². The van der Waals surface area contributed by atoms with Crippen molar-refractivity contribution in [3.63, 3.8) is 0 Å². The molecule has 0 aliphatic carbocycles. The van der Waals surface area contributed by atoms with Gasteiger partial charge in [-0.3, -0.25) is 4.90 Å². The largest absolute Gasteiger partial charge is 0.447 e. The van der Waals surface area contributed by atoms with E-state index in [-0.39, 0.29) is 31.1 Å². The molecule has 0 radical (unpaired) electrons. The molecule has 1 aromatic heterocycles. The first kappa shape index (κ1) is 24.8. The van der Waals surface area contributed by atoms with Gasteiger partial charge in [-0.2, -0.15) is 0 Å². The highest BCUT2D eigenvalue weighted by Crippen LogP contribution is 2.27. The minimum atomic E-state index is -2.55. The van der Waals surface area contributed by atoms with Crippen LogP contribution in [0.4, 0.5) is 19.5 Å². The summed E-state index contributed by atoms with van der Waals surface area (Å²) in [5, 5.41) is 5.93. The van der Waals surface area contributed by atoms with Crippen LogP contribution in [0.3, 0.4) is 0 Å². The molecule has 2 aliphatic rings. The lowest BCUT2D eigenvalue weighted by atomic mass is 10.0. The Morgan fingerprint density at radius 1 is 1.21 bits per heavy atom. The molecule has 2 atom stereocenters. The molecule has 2 aromatic rings. The molecule has 3 heterocycles. The second-order valence-corrected chi connectivity index (χ2v) is 8.94. The highest BCUT2D eigenvalue weighted by atomic mass is 19.3. The summed E-state index contributed by atoms with van der Waals surface area (Å²) in [6, 6.07) is 10.1. The fraction of sp³-hybridized carbons (Fsp3) is 0.542. The van der Waals surface area contributed by atoms with Gasteiger partial charge in [0.1, 0.15) is 6.61 Å². The maximum absolute atomic E-state index is 13.5. The Balaban J connectivity index is 0.000000286. The Morgan fingerprint density at radius 3 is 2.45 bits per heavy atom. The number of hydrogen-bond donors (Lipinski definition) is 2. The van der Waals surface area contributed by atoms with Crippen molar-refractivity contribution in [3.8, 4) is 0 Å². The first-order valence-corrected chi connectivity index (χ1v) is 11.4. The molecule has 2 fully saturated rings. The van der Waals surface area contributed by atoms with Gasteiger partial charge in [0.05, 0.1) is 18.6 Å². The average molecular weight is 462 g/mol. The number of piperidine rings is 1. The molecule has 2 saturated heterocycles. The molecule has 1 aromatic carbocycles. The van der Waals surface area contributed by atoms with E-state index in [9.17, 15) is 13.6 Å². The lowest BCUT2D eigenvalue weighted by molar-refractivity contribution is -0.0661. The van der Waals surface area contributed by atoms with Crippen LogP contribution in [0.1, 0.15) is 50.8 Å². The Kier molecular flexibility index (Phi) is 8.55. The Hall–Kier alpha value is -2.81. The lowest BCUT2D eigenvalue weighted by Crippen LogP contribution is -2.41. The van der Waals surface area contributed by atoms with E-state index in [1.54, 1.807) is 18.5 Å². The Labute approximate surface area is 193 Å². The van der Waals surface area contributed by atoms with E-state index in [1.807, 2.05) is 36.1 Å². The number of carbonyl (C=O) groups is 1. The summed E-state index contributed by atoms with van der Waals surface area (Å²) in [7, 11) is 0. The predicted octanol–water partition coefficient (Wildman–Crippen LogP) is 4.63. The molecule has 7 nitrogen and oxygen atoms in total. The maximum Gasteiger partial charge on any atom is 0.407 e. The zero-order valence-corrected chi connectivity index (χ0v) is 19.4. The molecular formula is C24H33F2N5O2. The summed E-state index contributed by atoms with van der Waals surface area (Å²) < 4.78 is 31.6. The zero-order chi connectivity index (χ0) is 23.8. The van der Waals surface area contributed by atoms with Crippen molar-refractivity contribution in [3.05, 3.63) is 53.9 Å². The minimum absolute atomic E-state index is 0.00712. The topological polar surface area (TPSA) is 79.4 Å². The normalized spacial score (nSPS) is 20.9. The van der Waals surface area contributed by atoms with Gasteiger partial charge in [0.2, 0.25) is 5.95 Å². The van der Waals surface area contributed by atoms with Crippen LogP contribution in [0.5, 0.6) is 0 Å². The molecule has 33 heavy (non-hydrogen) atoms. The number of alkyl carbamates (subject to hydrolysis) is 1. The second kappa shape index (κ2) is 11.4. The van der Waals surface area contributed by atoms with E-state index in [1.165, 1.54) is 0 Å². The van der Waals surface area contributed by atoms with Crippen molar-refractivity contribution in [1.29, 1.82) is 0 Å². The van der Waals surface area contributed by atoms with Crippen LogP contribution in [0, 0.1) is 5.92 Å². The summed E-state index contributed by atoms with van der Waals surface area (Å²) in [6.45, 7) is 7.84. The second-order valence-electron chi connectivity index (χ2n) is 8.94. The van der Waals surface area contributed by atoms with Crippen LogP contribution in [-0.2, 0) is 11.3 Å². The number of anilines is 1. The van der Waals surface area contributed by atoms with Crippen molar-refractivity contribution in [1.82, 2.24) is 20.2 Å². The summed E-state index contributed by atoms with van der Waals surface area (Å²) in [4.78, 5) is 20.6. The van der Waals surface area contributed by atoms with Gasteiger partial charge < -0.3 is 15.4 Å². The Bertz CT molecular complexity index is 880. The van der Waals surface area contributed by atoms with Crippen LogP contribution in [0.15, 0.2) is 42.7 Å². The van der Waals surface area contributed by atoms with E-state index < -0.39 is 5.92 Å². The number of amides is 1. The molecular weight excluding hydrogens is 428 g/mol. The number of ether oxygens (including phenoxy) is 1. The number of likely N-dealkylation sites (tertiary alicyclic amines) is 1. The van der Waals surface area contributed by atoms with Crippen LogP contribution in [0.25, 0.3) is 0 Å². The third-order valence-corrected chi connectivity index (χ3v) is 5.77. The molecule has 0 saturated carbocycles. The standard InChI is InChI=1S/C18H22F2N4.C6H11NO2/c1-14(23-17-21-9-3-10-22-17)16-6-4-15(5-7-16)12-24-11-2-8-18(19,20)13-24;1-4(2)5-3-9-6(8)7-5/h3-7,9-10,14H,2,8,11-13H2,1H3,(H,21,22,23);4-5H,3H2,1-2H3,(H,7,8)/t14-;/m0./s1. The summed E-state index contributed by atoms with van der Waals surface area (Å²) in [5.41, 5.74) is 2.16. The van der Waals surface area contributed by atoms with Gasteiger partial charge in [0.15, 0.2) is 0 Å². The van der Waals surface area contributed by atoms with E-state index in [4.69, 9.17) is 0 Å². The van der Waals surface area contributed by atoms with Crippen LogP contribution in [0.2, 0.25) is 0 Å². The van der Waals surface area contributed by atoms with E-state index >= 15 is 0 Å². The van der Waals surface area contributed by atoms with Gasteiger partial charge in [-0.1, -0.05) is 38.1 Å². The summed E-state index contributed by atoms with van der Waals surface area (Å²) >= 11 is 0. The molecule has 180 valence electrons.